The fourth-order valence-corrected chi connectivity index (χ4v) is 1.89. The summed E-state index contributed by atoms with van der Waals surface area (Å²) in [7, 11) is 1.58. The van der Waals surface area contributed by atoms with Crippen molar-refractivity contribution in [3.05, 3.63) is 54.1 Å². The van der Waals surface area contributed by atoms with Gasteiger partial charge in [-0.2, -0.15) is 0 Å². The molecule has 1 aromatic rings. The van der Waals surface area contributed by atoms with E-state index in [2.05, 4.69) is 0 Å². The number of ether oxygens (including phenoxy) is 1. The molecular weight excluding hydrogens is 228 g/mol. The summed E-state index contributed by atoms with van der Waals surface area (Å²) in [5.41, 5.74) is 11.3. The highest BCUT2D eigenvalue weighted by molar-refractivity contribution is 6.05. The zero-order chi connectivity index (χ0) is 13.2. The van der Waals surface area contributed by atoms with Crippen LogP contribution in [0.3, 0.4) is 0 Å². The molecule has 0 aromatic heterocycles. The number of nitrogens with two attached hydrogens (primary N) is 2. The van der Waals surface area contributed by atoms with E-state index in [1.165, 1.54) is 0 Å². The predicted octanol–water partition coefficient (Wildman–Crippen LogP) is 1.03. The van der Waals surface area contributed by atoms with Crippen molar-refractivity contribution in [3.63, 3.8) is 0 Å². The van der Waals surface area contributed by atoms with Crippen molar-refractivity contribution in [1.29, 1.82) is 0 Å². The number of rotatable bonds is 3. The topological polar surface area (TPSA) is 78.3 Å². The van der Waals surface area contributed by atoms with E-state index in [-0.39, 0.29) is 5.78 Å². The zero-order valence-corrected chi connectivity index (χ0v) is 10.2. The number of hydrogen-bond donors (Lipinski definition) is 2. The highest BCUT2D eigenvalue weighted by atomic mass is 16.5. The minimum Gasteiger partial charge on any atom is -0.497 e. The third-order valence-corrected chi connectivity index (χ3v) is 3.10. The van der Waals surface area contributed by atoms with Crippen LogP contribution in [0.15, 0.2) is 48.6 Å². The van der Waals surface area contributed by atoms with E-state index in [1.807, 2.05) is 0 Å². The molecule has 0 heterocycles. The first-order valence-electron chi connectivity index (χ1n) is 5.67. The lowest BCUT2D eigenvalue weighted by Crippen LogP contribution is -2.59. The molecule has 4 heteroatoms. The number of ketones is 1. The average molecular weight is 244 g/mol. The first-order valence-corrected chi connectivity index (χ1v) is 5.67. The van der Waals surface area contributed by atoms with Gasteiger partial charge in [0.25, 0.3) is 0 Å². The number of Topliss-reactive ketones (excluding diaryl/α,β-unsaturated/α-hetero) is 1. The quantitative estimate of drug-likeness (QED) is 0.778. The second kappa shape index (κ2) is 4.76. The van der Waals surface area contributed by atoms with Crippen LogP contribution >= 0.6 is 0 Å². The van der Waals surface area contributed by atoms with Gasteiger partial charge in [0.15, 0.2) is 5.78 Å². The molecule has 18 heavy (non-hydrogen) atoms. The van der Waals surface area contributed by atoms with Gasteiger partial charge in [0, 0.05) is 5.56 Å². The van der Waals surface area contributed by atoms with Crippen LogP contribution in [0, 0.1) is 0 Å². The Labute approximate surface area is 106 Å². The Hall–Kier alpha value is -1.91. The van der Waals surface area contributed by atoms with Crippen molar-refractivity contribution in [2.75, 3.05) is 7.11 Å². The van der Waals surface area contributed by atoms with E-state index in [0.717, 1.165) is 0 Å². The maximum atomic E-state index is 12.4. The molecule has 2 rings (SSSR count). The smallest absolute Gasteiger partial charge is 0.188 e. The molecule has 94 valence electrons. The average Bonchev–Trinajstić information content (AvgIpc) is 2.41. The van der Waals surface area contributed by atoms with E-state index in [1.54, 1.807) is 55.7 Å². The molecular formula is C14H16N2O2. The molecule has 0 aliphatic heterocycles. The first kappa shape index (κ1) is 12.5. The van der Waals surface area contributed by atoms with Crippen LogP contribution in [0.1, 0.15) is 10.4 Å². The third-order valence-electron chi connectivity index (χ3n) is 3.10. The SMILES string of the molecule is COc1ccc(C(=O)C2(N)C=CC=CC2N)cc1. The zero-order valence-electron chi connectivity index (χ0n) is 10.2. The largest absolute Gasteiger partial charge is 0.497 e. The van der Waals surface area contributed by atoms with Crippen molar-refractivity contribution >= 4 is 5.78 Å². The summed E-state index contributed by atoms with van der Waals surface area (Å²) in [5, 5.41) is 0. The highest BCUT2D eigenvalue weighted by Gasteiger charge is 2.38. The van der Waals surface area contributed by atoms with Gasteiger partial charge in [-0.1, -0.05) is 24.3 Å². The molecule has 0 saturated heterocycles. The number of hydrogen-bond acceptors (Lipinski definition) is 4. The Bertz CT molecular complexity index is 505. The standard InChI is InChI=1S/C14H16N2O2/c1-18-11-7-5-10(6-8-11)13(17)14(16)9-3-2-4-12(14)15/h2-9,12H,15-16H2,1H3. The Morgan fingerprint density at radius 1 is 1.28 bits per heavy atom. The van der Waals surface area contributed by atoms with Gasteiger partial charge in [-0.3, -0.25) is 4.79 Å². The maximum absolute atomic E-state index is 12.4. The minimum absolute atomic E-state index is 0.196. The normalized spacial score (nSPS) is 26.1. The van der Waals surface area contributed by atoms with Crippen molar-refractivity contribution in [2.24, 2.45) is 11.5 Å². The molecule has 4 N–H and O–H groups in total. The Kier molecular flexibility index (Phi) is 3.32. The molecule has 1 aromatic carbocycles. The summed E-state index contributed by atoms with van der Waals surface area (Å²) in [6.45, 7) is 0. The second-order valence-corrected chi connectivity index (χ2v) is 4.26. The summed E-state index contributed by atoms with van der Waals surface area (Å²) in [6.07, 6.45) is 6.90. The molecule has 0 fully saturated rings. The molecule has 0 saturated carbocycles. The van der Waals surface area contributed by atoms with Crippen LogP contribution in [0.5, 0.6) is 5.75 Å². The molecule has 4 nitrogen and oxygen atoms in total. The van der Waals surface area contributed by atoms with Gasteiger partial charge in [0.2, 0.25) is 0 Å². The summed E-state index contributed by atoms with van der Waals surface area (Å²) in [6, 6.07) is 6.32. The van der Waals surface area contributed by atoms with Crippen molar-refractivity contribution < 1.29 is 9.53 Å². The van der Waals surface area contributed by atoms with E-state index < -0.39 is 11.6 Å². The van der Waals surface area contributed by atoms with Gasteiger partial charge in [-0.05, 0) is 24.3 Å². The van der Waals surface area contributed by atoms with Gasteiger partial charge in [-0.25, -0.2) is 0 Å². The van der Waals surface area contributed by atoms with Crippen LogP contribution in [-0.2, 0) is 0 Å². The molecule has 0 radical (unpaired) electrons. The predicted molar refractivity (Wildman–Crippen MR) is 70.5 cm³/mol. The molecule has 1 aliphatic carbocycles. The Morgan fingerprint density at radius 3 is 2.50 bits per heavy atom. The number of allylic oxidation sites excluding steroid dienone is 2. The number of carbonyl (C=O) groups is 1. The monoisotopic (exact) mass is 244 g/mol. The number of benzene rings is 1. The Balaban J connectivity index is 2.30. The number of carbonyl (C=O) groups excluding carboxylic acids is 1. The molecule has 0 amide bonds. The van der Waals surface area contributed by atoms with E-state index in [4.69, 9.17) is 16.2 Å². The fourth-order valence-electron chi connectivity index (χ4n) is 1.89. The number of methoxy groups -OCH3 is 1. The lowest BCUT2D eigenvalue weighted by Gasteiger charge is -2.30. The van der Waals surface area contributed by atoms with Crippen molar-refractivity contribution in [2.45, 2.75) is 11.6 Å². The van der Waals surface area contributed by atoms with Crippen molar-refractivity contribution in [1.82, 2.24) is 0 Å². The minimum atomic E-state index is -1.18. The highest BCUT2D eigenvalue weighted by Crippen LogP contribution is 2.21. The summed E-state index contributed by atoms with van der Waals surface area (Å²) in [4.78, 5) is 12.4. The van der Waals surface area contributed by atoms with Crippen LogP contribution in [-0.4, -0.2) is 24.5 Å². The molecule has 2 atom stereocenters. The fraction of sp³-hybridized carbons (Fsp3) is 0.214. The molecule has 0 spiro atoms. The van der Waals surface area contributed by atoms with E-state index in [9.17, 15) is 4.79 Å². The van der Waals surface area contributed by atoms with Crippen LogP contribution < -0.4 is 16.2 Å². The van der Waals surface area contributed by atoms with Gasteiger partial charge < -0.3 is 16.2 Å². The summed E-state index contributed by atoms with van der Waals surface area (Å²) in [5.74, 6) is 0.499. The van der Waals surface area contributed by atoms with Gasteiger partial charge in [-0.15, -0.1) is 0 Å². The van der Waals surface area contributed by atoms with Crippen molar-refractivity contribution in [3.8, 4) is 5.75 Å². The molecule has 1 aliphatic rings. The van der Waals surface area contributed by atoms with Gasteiger partial charge in [0.05, 0.1) is 13.2 Å². The third kappa shape index (κ3) is 2.08. The summed E-state index contributed by atoms with van der Waals surface area (Å²) >= 11 is 0. The van der Waals surface area contributed by atoms with Gasteiger partial charge in [0.1, 0.15) is 11.3 Å². The summed E-state index contributed by atoms with van der Waals surface area (Å²) < 4.78 is 5.05. The van der Waals surface area contributed by atoms with E-state index >= 15 is 0 Å². The molecule has 0 bridgehead atoms. The van der Waals surface area contributed by atoms with Crippen LogP contribution in [0.25, 0.3) is 0 Å². The maximum Gasteiger partial charge on any atom is 0.188 e. The lowest BCUT2D eigenvalue weighted by molar-refractivity contribution is 0.0911. The van der Waals surface area contributed by atoms with Crippen LogP contribution in [0.4, 0.5) is 0 Å². The Morgan fingerprint density at radius 2 is 1.94 bits per heavy atom. The lowest BCUT2D eigenvalue weighted by atomic mass is 9.81. The van der Waals surface area contributed by atoms with E-state index in [0.29, 0.717) is 11.3 Å². The van der Waals surface area contributed by atoms with Crippen LogP contribution in [0.2, 0.25) is 0 Å². The first-order chi connectivity index (χ1) is 8.58. The van der Waals surface area contributed by atoms with Gasteiger partial charge >= 0.3 is 0 Å². The second-order valence-electron chi connectivity index (χ2n) is 4.26. The molecule has 2 unspecified atom stereocenters.